The molecule has 0 spiro atoms. The second kappa shape index (κ2) is 9.27. The third kappa shape index (κ3) is 3.36. The van der Waals surface area contributed by atoms with Crippen molar-refractivity contribution in [2.24, 2.45) is 0 Å². The summed E-state index contributed by atoms with van der Waals surface area (Å²) >= 11 is 0. The first-order valence-electron chi connectivity index (χ1n) is 16.8. The van der Waals surface area contributed by atoms with Crippen molar-refractivity contribution < 1.29 is 20.4 Å². The standard InChI is InChI=1S/C46H28O4/c47-35-16-18-38-39(23-35)45(49,33-19-29-11-7-25-3-1-4-26-8-12-30(20-33)43(29)41(25)26)37-17-15-36(48)24-40(37)46(38,50)34-21-31-13-9-27-5-2-6-28-10-14-32(22-34)44(31)42(27)28/h1-24,47-50H. The molecule has 2 atom stereocenters. The Morgan fingerprint density at radius 1 is 0.300 bits per heavy atom. The van der Waals surface area contributed by atoms with Crippen LogP contribution in [0.1, 0.15) is 33.4 Å². The molecule has 1 aliphatic rings. The minimum atomic E-state index is -1.79. The van der Waals surface area contributed by atoms with E-state index in [0.717, 1.165) is 53.9 Å². The van der Waals surface area contributed by atoms with Gasteiger partial charge in [0.05, 0.1) is 0 Å². The Bertz CT molecular complexity index is 2720. The van der Waals surface area contributed by atoms with E-state index in [1.165, 1.54) is 10.8 Å². The van der Waals surface area contributed by atoms with Crippen molar-refractivity contribution in [1.82, 2.24) is 0 Å². The number of aliphatic hydroxyl groups is 2. The summed E-state index contributed by atoms with van der Waals surface area (Å²) in [5, 5.41) is 61.7. The number of aromatic hydroxyl groups is 2. The van der Waals surface area contributed by atoms with Crippen LogP contribution in [0.4, 0.5) is 0 Å². The van der Waals surface area contributed by atoms with Crippen LogP contribution in [-0.4, -0.2) is 20.4 Å². The number of phenolic OH excluding ortho intramolecular Hbond substituents is 2. The number of benzene rings is 10. The van der Waals surface area contributed by atoms with Gasteiger partial charge >= 0.3 is 0 Å². The summed E-state index contributed by atoms with van der Waals surface area (Å²) < 4.78 is 0. The summed E-state index contributed by atoms with van der Waals surface area (Å²) in [7, 11) is 0. The average molecular weight is 645 g/mol. The normalized spacial score (nSPS) is 18.9. The highest BCUT2D eigenvalue weighted by Crippen LogP contribution is 2.56. The van der Waals surface area contributed by atoms with Gasteiger partial charge in [-0.1, -0.05) is 97.1 Å². The fourth-order valence-corrected chi connectivity index (χ4v) is 9.13. The Morgan fingerprint density at radius 3 is 0.940 bits per heavy atom. The molecule has 2 unspecified atom stereocenters. The van der Waals surface area contributed by atoms with Crippen LogP contribution < -0.4 is 0 Å². The summed E-state index contributed by atoms with van der Waals surface area (Å²) in [5.41, 5.74) is -0.789. The molecule has 11 rings (SSSR count). The first kappa shape index (κ1) is 27.7. The minimum Gasteiger partial charge on any atom is -0.508 e. The lowest BCUT2D eigenvalue weighted by molar-refractivity contribution is 0.0745. The van der Waals surface area contributed by atoms with Crippen LogP contribution in [0, 0.1) is 0 Å². The number of rotatable bonds is 2. The van der Waals surface area contributed by atoms with Gasteiger partial charge in [-0.3, -0.25) is 0 Å². The summed E-state index contributed by atoms with van der Waals surface area (Å²) in [6.45, 7) is 0. The summed E-state index contributed by atoms with van der Waals surface area (Å²) in [5.74, 6) is -0.0556. The lowest BCUT2D eigenvalue weighted by Crippen LogP contribution is -2.44. The molecule has 10 aromatic carbocycles. The van der Waals surface area contributed by atoms with E-state index in [1.807, 2.05) is 24.3 Å². The van der Waals surface area contributed by atoms with Crippen LogP contribution in [-0.2, 0) is 11.2 Å². The highest BCUT2D eigenvalue weighted by molar-refractivity contribution is 6.24. The van der Waals surface area contributed by atoms with Crippen LogP contribution >= 0.6 is 0 Å². The van der Waals surface area contributed by atoms with Gasteiger partial charge in [0.25, 0.3) is 0 Å². The molecular formula is C46H28O4. The van der Waals surface area contributed by atoms with Gasteiger partial charge in [0, 0.05) is 11.1 Å². The SMILES string of the molecule is Oc1ccc2c(c1)C(O)(c1cc3ccc4cccc5ccc(c1)c3c45)c1ccc(O)cc1C2(O)c1cc2ccc3cccc4ccc(c1)c2c34. The Hall–Kier alpha value is -6.20. The molecule has 0 fully saturated rings. The van der Waals surface area contributed by atoms with Crippen molar-refractivity contribution in [3.8, 4) is 11.5 Å². The Labute approximate surface area is 286 Å². The van der Waals surface area contributed by atoms with Crippen molar-refractivity contribution in [2.75, 3.05) is 0 Å². The molecular weight excluding hydrogens is 617 g/mol. The maximum absolute atomic E-state index is 13.3. The second-order valence-corrected chi connectivity index (χ2v) is 13.9. The number of hydrogen-bond acceptors (Lipinski definition) is 4. The third-order valence-electron chi connectivity index (χ3n) is 11.3. The smallest absolute Gasteiger partial charge is 0.141 e. The van der Waals surface area contributed by atoms with Crippen molar-refractivity contribution in [3.63, 3.8) is 0 Å². The predicted molar refractivity (Wildman–Crippen MR) is 201 cm³/mol. The molecule has 0 bridgehead atoms. The van der Waals surface area contributed by atoms with Gasteiger partial charge in [0.2, 0.25) is 0 Å². The molecule has 50 heavy (non-hydrogen) atoms. The zero-order valence-electron chi connectivity index (χ0n) is 26.6. The van der Waals surface area contributed by atoms with Gasteiger partial charge in [0.15, 0.2) is 0 Å². The van der Waals surface area contributed by atoms with E-state index in [0.29, 0.717) is 33.4 Å². The van der Waals surface area contributed by atoms with Crippen LogP contribution in [0.25, 0.3) is 64.6 Å². The van der Waals surface area contributed by atoms with Gasteiger partial charge in [-0.2, -0.15) is 0 Å². The highest BCUT2D eigenvalue weighted by atomic mass is 16.3. The first-order chi connectivity index (χ1) is 24.3. The molecule has 4 N–H and O–H groups in total. The predicted octanol–water partition coefficient (Wildman–Crippen LogP) is 9.77. The Morgan fingerprint density at radius 2 is 0.600 bits per heavy atom. The number of fused-ring (bicyclic) bond motifs is 2. The summed E-state index contributed by atoms with van der Waals surface area (Å²) in [4.78, 5) is 0. The molecule has 1 aliphatic carbocycles. The van der Waals surface area contributed by atoms with Crippen LogP contribution in [0.3, 0.4) is 0 Å². The lowest BCUT2D eigenvalue weighted by atomic mass is 9.63. The van der Waals surface area contributed by atoms with Gasteiger partial charge in [0.1, 0.15) is 22.7 Å². The van der Waals surface area contributed by atoms with Crippen molar-refractivity contribution >= 4 is 64.6 Å². The number of hydrogen-bond donors (Lipinski definition) is 4. The summed E-state index contributed by atoms with van der Waals surface area (Å²) in [6, 6.07) is 47.0. The molecule has 0 aromatic heterocycles. The topological polar surface area (TPSA) is 80.9 Å². The van der Waals surface area contributed by atoms with Crippen LogP contribution in [0.5, 0.6) is 11.5 Å². The maximum Gasteiger partial charge on any atom is 0.141 e. The highest BCUT2D eigenvalue weighted by Gasteiger charge is 2.51. The quantitative estimate of drug-likeness (QED) is 0.141. The van der Waals surface area contributed by atoms with Crippen molar-refractivity contribution in [1.29, 1.82) is 0 Å². The molecule has 4 nitrogen and oxygen atoms in total. The molecule has 0 radical (unpaired) electrons. The maximum atomic E-state index is 13.3. The summed E-state index contributed by atoms with van der Waals surface area (Å²) in [6.07, 6.45) is 0. The van der Waals surface area contributed by atoms with E-state index in [-0.39, 0.29) is 11.5 Å². The fraction of sp³-hybridized carbons (Fsp3) is 0.0435. The lowest BCUT2D eigenvalue weighted by Gasteiger charge is -2.45. The molecule has 0 saturated carbocycles. The first-order valence-corrected chi connectivity index (χ1v) is 16.8. The molecule has 10 aromatic rings. The van der Waals surface area contributed by atoms with Gasteiger partial charge in [-0.15, -0.1) is 0 Å². The number of phenols is 2. The minimum absolute atomic E-state index is 0.0278. The molecule has 0 aliphatic heterocycles. The Balaban J connectivity index is 1.22. The van der Waals surface area contributed by atoms with E-state index in [9.17, 15) is 20.4 Å². The molecule has 4 heteroatoms. The molecule has 236 valence electrons. The monoisotopic (exact) mass is 644 g/mol. The van der Waals surface area contributed by atoms with E-state index in [2.05, 4.69) is 84.9 Å². The fourth-order valence-electron chi connectivity index (χ4n) is 9.13. The van der Waals surface area contributed by atoms with E-state index < -0.39 is 11.2 Å². The van der Waals surface area contributed by atoms with Crippen molar-refractivity contribution in [2.45, 2.75) is 11.2 Å². The molecule has 0 saturated heterocycles. The third-order valence-corrected chi connectivity index (χ3v) is 11.3. The average Bonchev–Trinajstić information content (AvgIpc) is 3.14. The Kier molecular flexibility index (Phi) is 5.14. The van der Waals surface area contributed by atoms with Crippen LogP contribution in [0.2, 0.25) is 0 Å². The van der Waals surface area contributed by atoms with Crippen LogP contribution in [0.15, 0.2) is 146 Å². The largest absolute Gasteiger partial charge is 0.508 e. The second-order valence-electron chi connectivity index (χ2n) is 13.9. The van der Waals surface area contributed by atoms with E-state index in [4.69, 9.17) is 0 Å². The molecule has 0 heterocycles. The van der Waals surface area contributed by atoms with Gasteiger partial charge < -0.3 is 20.4 Å². The molecule has 0 amide bonds. The zero-order valence-corrected chi connectivity index (χ0v) is 26.6. The van der Waals surface area contributed by atoms with E-state index in [1.54, 1.807) is 36.4 Å². The van der Waals surface area contributed by atoms with E-state index >= 15 is 0 Å². The van der Waals surface area contributed by atoms with Gasteiger partial charge in [-0.25, -0.2) is 0 Å². The van der Waals surface area contributed by atoms with Gasteiger partial charge in [-0.05, 0) is 135 Å². The zero-order chi connectivity index (χ0) is 33.5. The van der Waals surface area contributed by atoms with Crippen molar-refractivity contribution in [3.05, 3.63) is 179 Å².